The van der Waals surface area contributed by atoms with Crippen LogP contribution in [0.3, 0.4) is 0 Å². The molecule has 0 spiro atoms. The molecule has 0 saturated heterocycles. The fraction of sp³-hybridized carbons (Fsp3) is 1.00. The molecule has 0 amide bonds. The van der Waals surface area contributed by atoms with Crippen LogP contribution in [-0.2, 0) is 0 Å². The maximum Gasteiger partial charge on any atom is 0.219 e. The second kappa shape index (κ2) is 5.99. The van der Waals surface area contributed by atoms with Gasteiger partial charge in [0.15, 0.2) is 7.05 Å². The molecule has 7 nitrogen and oxygen atoms in total. The summed E-state index contributed by atoms with van der Waals surface area (Å²) in [7, 11) is 1.14. The Kier molecular flexibility index (Phi) is 5.73. The van der Waals surface area contributed by atoms with Gasteiger partial charge in [0.05, 0.1) is 6.61 Å². The highest BCUT2D eigenvalue weighted by molar-refractivity contribution is 4.79. The van der Waals surface area contributed by atoms with Crippen LogP contribution in [0, 0.1) is 4.91 Å². The molecule has 7 heteroatoms. The number of likely N-dealkylation sites (N-methyl/N-ethyl adjacent to an activating group) is 1. The minimum atomic E-state index is -1.69. The lowest BCUT2D eigenvalue weighted by atomic mass is 10.0. The van der Waals surface area contributed by atoms with Gasteiger partial charge in [0.25, 0.3) is 0 Å². The average Bonchev–Trinajstić information content (AvgIpc) is 2.13. The topological polar surface area (TPSA) is 121 Å². The van der Waals surface area contributed by atoms with E-state index in [0.29, 0.717) is 4.76 Å². The molecular formula is C7H16NO6+. The first kappa shape index (κ1) is 13.4. The summed E-state index contributed by atoms with van der Waals surface area (Å²) < 4.78 is 0.381. The predicted molar refractivity (Wildman–Crippen MR) is 45.5 cm³/mol. The molecule has 0 radical (unpaired) electrons. The summed E-state index contributed by atoms with van der Waals surface area (Å²) in [4.78, 5) is 10.5. The molecule has 0 aliphatic heterocycles. The Morgan fingerprint density at radius 2 is 1.50 bits per heavy atom. The molecule has 0 bridgehead atoms. The lowest BCUT2D eigenvalue weighted by molar-refractivity contribution is -0.530. The van der Waals surface area contributed by atoms with E-state index in [1.165, 1.54) is 0 Å². The van der Waals surface area contributed by atoms with Crippen molar-refractivity contribution in [3.05, 3.63) is 4.91 Å². The van der Waals surface area contributed by atoms with Gasteiger partial charge in [-0.05, 0) is 4.76 Å². The van der Waals surface area contributed by atoms with Gasteiger partial charge in [0.2, 0.25) is 6.54 Å². The average molecular weight is 210 g/mol. The molecule has 0 aromatic heterocycles. The molecule has 84 valence electrons. The lowest BCUT2D eigenvalue weighted by Gasteiger charge is -2.23. The van der Waals surface area contributed by atoms with Crippen LogP contribution in [0.25, 0.3) is 0 Å². The Hall–Kier alpha value is -0.600. The van der Waals surface area contributed by atoms with Gasteiger partial charge in [-0.25, -0.2) is 0 Å². The number of aliphatic hydroxyl groups is 5. The van der Waals surface area contributed by atoms with E-state index >= 15 is 0 Å². The van der Waals surface area contributed by atoms with E-state index in [0.717, 1.165) is 7.05 Å². The third kappa shape index (κ3) is 4.07. The summed E-state index contributed by atoms with van der Waals surface area (Å²) in [5, 5.41) is 44.8. The van der Waals surface area contributed by atoms with Gasteiger partial charge in [-0.15, -0.1) is 0 Å². The fourth-order valence-electron chi connectivity index (χ4n) is 0.935. The van der Waals surface area contributed by atoms with E-state index in [1.807, 2.05) is 0 Å². The molecule has 0 saturated carbocycles. The Labute approximate surface area is 80.8 Å². The first-order valence-electron chi connectivity index (χ1n) is 4.11. The minimum Gasteiger partial charge on any atom is -0.394 e. The highest BCUT2D eigenvalue weighted by atomic mass is 16.4. The normalized spacial score (nSPS) is 19.9. The van der Waals surface area contributed by atoms with Crippen molar-refractivity contribution in [1.82, 2.24) is 0 Å². The second-order valence-electron chi connectivity index (χ2n) is 3.11. The van der Waals surface area contributed by atoms with E-state index in [9.17, 15) is 10.0 Å². The summed E-state index contributed by atoms with van der Waals surface area (Å²) >= 11 is 0. The van der Waals surface area contributed by atoms with Gasteiger partial charge < -0.3 is 25.5 Å². The van der Waals surface area contributed by atoms with Crippen molar-refractivity contribution < 1.29 is 30.3 Å². The third-order valence-corrected chi connectivity index (χ3v) is 1.77. The quantitative estimate of drug-likeness (QED) is 0.295. The monoisotopic (exact) mass is 210 g/mol. The summed E-state index contributed by atoms with van der Waals surface area (Å²) in [6, 6.07) is 0. The molecule has 0 fully saturated rings. The molecule has 5 N–H and O–H groups in total. The first-order valence-corrected chi connectivity index (χ1v) is 4.11. The highest BCUT2D eigenvalue weighted by Gasteiger charge is 2.32. The number of rotatable bonds is 6. The van der Waals surface area contributed by atoms with Crippen molar-refractivity contribution in [3.8, 4) is 0 Å². The smallest absolute Gasteiger partial charge is 0.219 e. The molecule has 4 unspecified atom stereocenters. The van der Waals surface area contributed by atoms with Crippen molar-refractivity contribution in [2.45, 2.75) is 24.4 Å². The molecule has 4 atom stereocenters. The van der Waals surface area contributed by atoms with Crippen molar-refractivity contribution in [2.75, 3.05) is 20.2 Å². The van der Waals surface area contributed by atoms with Crippen molar-refractivity contribution >= 4 is 0 Å². The Morgan fingerprint density at radius 3 is 1.86 bits per heavy atom. The van der Waals surface area contributed by atoms with E-state index in [2.05, 4.69) is 0 Å². The van der Waals surface area contributed by atoms with Crippen LogP contribution in [0.15, 0.2) is 0 Å². The fourth-order valence-corrected chi connectivity index (χ4v) is 0.935. The highest BCUT2D eigenvalue weighted by Crippen LogP contribution is 2.04. The van der Waals surface area contributed by atoms with E-state index in [-0.39, 0.29) is 0 Å². The van der Waals surface area contributed by atoms with Crippen LogP contribution in [-0.4, -0.2) is 74.9 Å². The molecule has 0 aromatic carbocycles. The van der Waals surface area contributed by atoms with Crippen molar-refractivity contribution in [3.63, 3.8) is 0 Å². The Bertz CT molecular complexity index is 187. The van der Waals surface area contributed by atoms with Gasteiger partial charge in [0.1, 0.15) is 24.4 Å². The predicted octanol–water partition coefficient (Wildman–Crippen LogP) is -3.17. The van der Waals surface area contributed by atoms with E-state index < -0.39 is 37.6 Å². The van der Waals surface area contributed by atoms with Gasteiger partial charge in [-0.2, -0.15) is 0 Å². The zero-order valence-electron chi connectivity index (χ0n) is 7.82. The van der Waals surface area contributed by atoms with Crippen LogP contribution in [0.4, 0.5) is 0 Å². The summed E-state index contributed by atoms with van der Waals surface area (Å²) in [5.41, 5.74) is 0. The zero-order valence-corrected chi connectivity index (χ0v) is 7.82. The molecule has 0 heterocycles. The third-order valence-electron chi connectivity index (χ3n) is 1.77. The van der Waals surface area contributed by atoms with Crippen LogP contribution in [0.1, 0.15) is 0 Å². The molecule has 0 aliphatic rings. The molecule has 14 heavy (non-hydrogen) atoms. The minimum absolute atomic E-state index is 0.381. The lowest BCUT2D eigenvalue weighted by Crippen LogP contribution is -2.48. The maximum absolute atomic E-state index is 10.5. The molecular weight excluding hydrogens is 194 g/mol. The summed E-state index contributed by atoms with van der Waals surface area (Å²) in [6.45, 7) is -1.13. The number of nitrogens with zero attached hydrogens (tertiary/aromatic N) is 1. The summed E-state index contributed by atoms with van der Waals surface area (Å²) in [6.07, 6.45) is -6.38. The van der Waals surface area contributed by atoms with Crippen LogP contribution >= 0.6 is 0 Å². The van der Waals surface area contributed by atoms with Crippen LogP contribution in [0.5, 0.6) is 0 Å². The Morgan fingerprint density at radius 1 is 1.07 bits per heavy atom. The second-order valence-corrected chi connectivity index (χ2v) is 3.11. The maximum atomic E-state index is 10.5. The van der Waals surface area contributed by atoms with E-state index in [1.54, 1.807) is 0 Å². The molecule has 0 aliphatic carbocycles. The SMILES string of the molecule is C[N+](=O)CC(O)C(O)C(O)C(O)CO. The van der Waals surface area contributed by atoms with Gasteiger partial charge >= 0.3 is 0 Å². The molecule has 0 rings (SSSR count). The van der Waals surface area contributed by atoms with Gasteiger partial charge in [0, 0.05) is 4.91 Å². The van der Waals surface area contributed by atoms with Crippen LogP contribution in [0.2, 0.25) is 0 Å². The number of hydrogen-bond acceptors (Lipinski definition) is 6. The number of hydrogen-bond donors (Lipinski definition) is 5. The number of aliphatic hydroxyl groups excluding tert-OH is 5. The number of nitroso groups, excluding NO2 is 1. The van der Waals surface area contributed by atoms with Gasteiger partial charge in [-0.1, -0.05) is 0 Å². The van der Waals surface area contributed by atoms with E-state index in [4.69, 9.17) is 20.4 Å². The van der Waals surface area contributed by atoms with Crippen LogP contribution < -0.4 is 0 Å². The molecule has 0 aromatic rings. The van der Waals surface area contributed by atoms with Crippen molar-refractivity contribution in [2.24, 2.45) is 0 Å². The zero-order chi connectivity index (χ0) is 11.3. The summed E-state index contributed by atoms with van der Waals surface area (Å²) in [5.74, 6) is 0. The standard InChI is InChI=1S/C7H16NO6/c1-8(14)2-4(10)6(12)7(13)5(11)3-9/h4-7,9-13H,2-3H2,1H3/q+1. The van der Waals surface area contributed by atoms with Gasteiger partial charge in [-0.3, -0.25) is 0 Å². The Balaban J connectivity index is 4.15. The van der Waals surface area contributed by atoms with Crippen molar-refractivity contribution in [1.29, 1.82) is 0 Å². The first-order chi connectivity index (χ1) is 6.40. The largest absolute Gasteiger partial charge is 0.394 e.